The van der Waals surface area contributed by atoms with E-state index >= 15 is 0 Å². The van der Waals surface area contributed by atoms with Crippen molar-refractivity contribution in [3.8, 4) is 0 Å². The summed E-state index contributed by atoms with van der Waals surface area (Å²) < 4.78 is 0. The predicted octanol–water partition coefficient (Wildman–Crippen LogP) is -1.60. The highest BCUT2D eigenvalue weighted by atomic mass is 16.4. The Hall–Kier alpha value is -1.63. The SMILES string of the molecule is O=C(O)CN(CC1CC1)C(=O)C1CNC(=O)CN1. The Labute approximate surface area is 105 Å². The van der Waals surface area contributed by atoms with E-state index in [1.165, 1.54) is 4.90 Å². The van der Waals surface area contributed by atoms with E-state index in [0.717, 1.165) is 12.8 Å². The Balaban J connectivity index is 1.92. The largest absolute Gasteiger partial charge is 0.480 e. The number of hydrogen-bond acceptors (Lipinski definition) is 4. The minimum absolute atomic E-state index is 0.0980. The molecule has 7 nitrogen and oxygen atoms in total. The molecular formula is C11H17N3O4. The Kier molecular flexibility index (Phi) is 3.81. The first-order valence-electron chi connectivity index (χ1n) is 6.07. The van der Waals surface area contributed by atoms with Gasteiger partial charge in [0.1, 0.15) is 12.6 Å². The maximum Gasteiger partial charge on any atom is 0.323 e. The number of carbonyl (C=O) groups is 3. The Bertz CT molecular complexity index is 357. The van der Waals surface area contributed by atoms with Gasteiger partial charge in [-0.05, 0) is 18.8 Å². The minimum Gasteiger partial charge on any atom is -0.480 e. The second-order valence-corrected chi connectivity index (χ2v) is 4.79. The van der Waals surface area contributed by atoms with Crippen LogP contribution in [0.1, 0.15) is 12.8 Å². The van der Waals surface area contributed by atoms with Gasteiger partial charge in [-0.15, -0.1) is 0 Å². The molecule has 2 rings (SSSR count). The van der Waals surface area contributed by atoms with Gasteiger partial charge in [-0.1, -0.05) is 0 Å². The molecule has 18 heavy (non-hydrogen) atoms. The zero-order valence-electron chi connectivity index (χ0n) is 10.0. The van der Waals surface area contributed by atoms with Crippen molar-refractivity contribution in [3.63, 3.8) is 0 Å². The summed E-state index contributed by atoms with van der Waals surface area (Å²) >= 11 is 0. The molecule has 0 aromatic heterocycles. The van der Waals surface area contributed by atoms with Gasteiger partial charge in [0, 0.05) is 13.1 Å². The second-order valence-electron chi connectivity index (χ2n) is 4.79. The molecule has 7 heteroatoms. The summed E-state index contributed by atoms with van der Waals surface area (Å²) in [7, 11) is 0. The highest BCUT2D eigenvalue weighted by Gasteiger charge is 2.32. The normalized spacial score (nSPS) is 23.3. The molecule has 0 bridgehead atoms. The van der Waals surface area contributed by atoms with Crippen molar-refractivity contribution in [1.82, 2.24) is 15.5 Å². The van der Waals surface area contributed by atoms with Crippen molar-refractivity contribution >= 4 is 17.8 Å². The van der Waals surface area contributed by atoms with Crippen LogP contribution in [-0.2, 0) is 14.4 Å². The average Bonchev–Trinajstić information content (AvgIpc) is 3.12. The number of carboxylic acid groups (broad SMARTS) is 1. The third-order valence-electron chi connectivity index (χ3n) is 3.12. The number of carbonyl (C=O) groups excluding carboxylic acids is 2. The lowest BCUT2D eigenvalue weighted by molar-refractivity contribution is -0.146. The van der Waals surface area contributed by atoms with E-state index in [1.807, 2.05) is 0 Å². The number of aliphatic carboxylic acids is 1. The maximum atomic E-state index is 12.2. The highest BCUT2D eigenvalue weighted by molar-refractivity contribution is 5.88. The predicted molar refractivity (Wildman–Crippen MR) is 61.7 cm³/mol. The minimum atomic E-state index is -1.01. The molecule has 3 N–H and O–H groups in total. The first-order valence-corrected chi connectivity index (χ1v) is 6.07. The van der Waals surface area contributed by atoms with Gasteiger partial charge in [0.2, 0.25) is 11.8 Å². The molecule has 1 saturated heterocycles. The smallest absolute Gasteiger partial charge is 0.323 e. The Morgan fingerprint density at radius 3 is 2.61 bits per heavy atom. The van der Waals surface area contributed by atoms with Crippen molar-refractivity contribution in [1.29, 1.82) is 0 Å². The van der Waals surface area contributed by atoms with Gasteiger partial charge in [-0.2, -0.15) is 0 Å². The summed E-state index contributed by atoms with van der Waals surface area (Å²) in [5.41, 5.74) is 0. The van der Waals surface area contributed by atoms with Crippen molar-refractivity contribution in [3.05, 3.63) is 0 Å². The monoisotopic (exact) mass is 255 g/mol. The first kappa shape index (κ1) is 12.8. The molecule has 2 aliphatic rings. The van der Waals surface area contributed by atoms with Gasteiger partial charge in [-0.25, -0.2) is 0 Å². The Morgan fingerprint density at radius 2 is 2.11 bits per heavy atom. The van der Waals surface area contributed by atoms with E-state index in [0.29, 0.717) is 12.5 Å². The van der Waals surface area contributed by atoms with Crippen LogP contribution in [0.25, 0.3) is 0 Å². The van der Waals surface area contributed by atoms with Crippen LogP contribution in [0.4, 0.5) is 0 Å². The Morgan fingerprint density at radius 1 is 1.39 bits per heavy atom. The van der Waals surface area contributed by atoms with E-state index in [1.54, 1.807) is 0 Å². The molecule has 1 atom stereocenters. The van der Waals surface area contributed by atoms with Crippen LogP contribution in [0.5, 0.6) is 0 Å². The standard InChI is InChI=1S/C11H17N3O4/c15-9-4-12-8(3-13-9)11(18)14(6-10(16)17)5-7-1-2-7/h7-8,12H,1-6H2,(H,13,15)(H,16,17). The molecule has 0 aromatic rings. The molecule has 1 aliphatic carbocycles. The average molecular weight is 255 g/mol. The number of piperazine rings is 1. The van der Waals surface area contributed by atoms with Gasteiger partial charge < -0.3 is 15.3 Å². The number of hydrogen-bond donors (Lipinski definition) is 3. The van der Waals surface area contributed by atoms with Gasteiger partial charge in [0.25, 0.3) is 0 Å². The number of carboxylic acids is 1. The fraction of sp³-hybridized carbons (Fsp3) is 0.727. The fourth-order valence-corrected chi connectivity index (χ4v) is 1.97. The topological polar surface area (TPSA) is 98.7 Å². The summed E-state index contributed by atoms with van der Waals surface area (Å²) in [5, 5.41) is 14.2. The van der Waals surface area contributed by atoms with E-state index in [4.69, 9.17) is 5.11 Å². The molecule has 0 spiro atoms. The van der Waals surface area contributed by atoms with Crippen LogP contribution in [0.2, 0.25) is 0 Å². The van der Waals surface area contributed by atoms with Gasteiger partial charge in [0.15, 0.2) is 0 Å². The van der Waals surface area contributed by atoms with Crippen LogP contribution in [0, 0.1) is 5.92 Å². The molecule has 1 heterocycles. The van der Waals surface area contributed by atoms with Crippen LogP contribution in [-0.4, -0.2) is 60.0 Å². The summed E-state index contributed by atoms with van der Waals surface area (Å²) in [4.78, 5) is 35.3. The lowest BCUT2D eigenvalue weighted by Gasteiger charge is -2.29. The number of rotatable bonds is 5. The lowest BCUT2D eigenvalue weighted by atomic mass is 10.2. The quantitative estimate of drug-likeness (QED) is 0.549. The summed E-state index contributed by atoms with van der Waals surface area (Å²) in [6, 6.07) is -0.513. The first-order chi connectivity index (χ1) is 8.56. The lowest BCUT2D eigenvalue weighted by Crippen LogP contribution is -2.59. The summed E-state index contributed by atoms with van der Waals surface area (Å²) in [6.07, 6.45) is 2.11. The van der Waals surface area contributed by atoms with Gasteiger partial charge in [-0.3, -0.25) is 19.7 Å². The van der Waals surface area contributed by atoms with Crippen LogP contribution in [0.3, 0.4) is 0 Å². The van der Waals surface area contributed by atoms with Crippen molar-refractivity contribution in [2.45, 2.75) is 18.9 Å². The third-order valence-corrected chi connectivity index (χ3v) is 3.12. The molecule has 0 radical (unpaired) electrons. The summed E-state index contributed by atoms with van der Waals surface area (Å²) in [6.45, 7) is 0.540. The van der Waals surface area contributed by atoms with E-state index in [2.05, 4.69) is 10.6 Å². The van der Waals surface area contributed by atoms with Gasteiger partial charge in [0.05, 0.1) is 6.54 Å². The zero-order chi connectivity index (χ0) is 13.1. The second kappa shape index (κ2) is 5.34. The molecule has 1 saturated carbocycles. The zero-order valence-corrected chi connectivity index (χ0v) is 10.0. The summed E-state index contributed by atoms with van der Waals surface area (Å²) in [5.74, 6) is -0.967. The van der Waals surface area contributed by atoms with E-state index in [9.17, 15) is 14.4 Å². The van der Waals surface area contributed by atoms with Crippen molar-refractivity contribution in [2.75, 3.05) is 26.2 Å². The maximum absolute atomic E-state index is 12.2. The van der Waals surface area contributed by atoms with Gasteiger partial charge >= 0.3 is 5.97 Å². The van der Waals surface area contributed by atoms with E-state index < -0.39 is 12.0 Å². The fourth-order valence-electron chi connectivity index (χ4n) is 1.97. The van der Waals surface area contributed by atoms with E-state index in [-0.39, 0.29) is 31.4 Å². The molecule has 2 fully saturated rings. The van der Waals surface area contributed by atoms with Crippen molar-refractivity contribution < 1.29 is 19.5 Å². The molecular weight excluding hydrogens is 238 g/mol. The molecule has 100 valence electrons. The van der Waals surface area contributed by atoms with Crippen LogP contribution in [0.15, 0.2) is 0 Å². The van der Waals surface area contributed by atoms with Crippen molar-refractivity contribution in [2.24, 2.45) is 5.92 Å². The van der Waals surface area contributed by atoms with Crippen LogP contribution >= 0.6 is 0 Å². The van der Waals surface area contributed by atoms with Crippen LogP contribution < -0.4 is 10.6 Å². The number of amides is 2. The molecule has 2 amide bonds. The third kappa shape index (κ3) is 3.43. The molecule has 1 unspecified atom stereocenters. The molecule has 1 aliphatic heterocycles. The highest BCUT2D eigenvalue weighted by Crippen LogP contribution is 2.29. The molecule has 0 aromatic carbocycles. The number of nitrogens with one attached hydrogen (secondary N) is 2. The number of nitrogens with zero attached hydrogens (tertiary/aromatic N) is 1.